The Labute approximate surface area is 164 Å². The molecule has 27 heavy (non-hydrogen) atoms. The van der Waals surface area contributed by atoms with E-state index in [0.29, 0.717) is 21.5 Å². The van der Waals surface area contributed by atoms with Crippen molar-refractivity contribution in [3.05, 3.63) is 46.4 Å². The second-order valence-electron chi connectivity index (χ2n) is 5.30. The number of benzene rings is 2. The van der Waals surface area contributed by atoms with Gasteiger partial charge in [0.1, 0.15) is 12.2 Å². The van der Waals surface area contributed by atoms with E-state index in [0.717, 1.165) is 0 Å². The van der Waals surface area contributed by atoms with Gasteiger partial charge in [-0.25, -0.2) is 5.43 Å². The molecule has 0 fully saturated rings. The molecule has 0 spiro atoms. The minimum absolute atomic E-state index is 0.0334. The molecule has 0 unspecified atom stereocenters. The number of nitrogens with zero attached hydrogens (tertiary/aromatic N) is 1. The second kappa shape index (κ2) is 9.58. The third kappa shape index (κ3) is 6.00. The van der Waals surface area contributed by atoms with Gasteiger partial charge in [-0.3, -0.25) is 9.59 Å². The van der Waals surface area contributed by atoms with Crippen molar-refractivity contribution < 1.29 is 24.2 Å². The fraction of sp³-hybridized carbons (Fsp3) is 0.167. The summed E-state index contributed by atoms with van der Waals surface area (Å²) in [6.07, 6.45) is 0.984. The number of hydrazone groups is 1. The molecule has 0 saturated heterocycles. The number of amides is 2. The van der Waals surface area contributed by atoms with Gasteiger partial charge in [0.15, 0.2) is 11.5 Å². The summed E-state index contributed by atoms with van der Waals surface area (Å²) in [5, 5.41) is 16.1. The van der Waals surface area contributed by atoms with Crippen molar-refractivity contribution in [1.82, 2.24) is 5.43 Å². The maximum atomic E-state index is 11.9. The number of hydrogen-bond acceptors (Lipinski definition) is 6. The zero-order chi connectivity index (χ0) is 19.8. The topological polar surface area (TPSA) is 109 Å². The molecular weight excluding hydrogens is 418 g/mol. The van der Waals surface area contributed by atoms with Crippen molar-refractivity contribution in [3.8, 4) is 17.2 Å². The van der Waals surface area contributed by atoms with E-state index in [9.17, 15) is 14.7 Å². The molecule has 0 saturated carbocycles. The first kappa shape index (κ1) is 20.2. The van der Waals surface area contributed by atoms with Crippen molar-refractivity contribution in [1.29, 1.82) is 0 Å². The van der Waals surface area contributed by atoms with Crippen LogP contribution in [0.2, 0.25) is 0 Å². The van der Waals surface area contributed by atoms with Crippen LogP contribution in [0.5, 0.6) is 17.2 Å². The van der Waals surface area contributed by atoms with Gasteiger partial charge in [0.25, 0.3) is 0 Å². The van der Waals surface area contributed by atoms with E-state index in [4.69, 9.17) is 9.47 Å². The Morgan fingerprint density at radius 3 is 2.48 bits per heavy atom. The van der Waals surface area contributed by atoms with Gasteiger partial charge in [0.2, 0.25) is 11.8 Å². The van der Waals surface area contributed by atoms with Gasteiger partial charge in [0, 0.05) is 5.69 Å². The predicted molar refractivity (Wildman–Crippen MR) is 104 cm³/mol. The van der Waals surface area contributed by atoms with Crippen LogP contribution in [0.25, 0.3) is 0 Å². The number of phenols is 1. The molecule has 0 aliphatic rings. The molecule has 2 rings (SSSR count). The van der Waals surface area contributed by atoms with E-state index >= 15 is 0 Å². The average molecular weight is 436 g/mol. The number of hydrogen-bond donors (Lipinski definition) is 3. The van der Waals surface area contributed by atoms with E-state index in [1.54, 1.807) is 43.5 Å². The number of carbonyl (C=O) groups is 2. The van der Waals surface area contributed by atoms with Crippen LogP contribution in [-0.4, -0.2) is 37.4 Å². The van der Waals surface area contributed by atoms with Crippen molar-refractivity contribution in [3.63, 3.8) is 0 Å². The first-order chi connectivity index (χ1) is 12.9. The van der Waals surface area contributed by atoms with Crippen molar-refractivity contribution >= 4 is 39.6 Å². The van der Waals surface area contributed by atoms with Crippen LogP contribution in [0.1, 0.15) is 12.0 Å². The molecule has 0 atom stereocenters. The lowest BCUT2D eigenvalue weighted by Crippen LogP contribution is -2.24. The van der Waals surface area contributed by atoms with Gasteiger partial charge in [0.05, 0.1) is 24.9 Å². The fourth-order valence-corrected chi connectivity index (χ4v) is 2.53. The Morgan fingerprint density at radius 1 is 1.15 bits per heavy atom. The molecule has 0 radical (unpaired) electrons. The normalized spacial score (nSPS) is 10.5. The number of methoxy groups -OCH3 is 2. The molecule has 0 aromatic heterocycles. The maximum absolute atomic E-state index is 11.9. The summed E-state index contributed by atoms with van der Waals surface area (Å²) in [5.74, 6) is -0.147. The van der Waals surface area contributed by atoms with Gasteiger partial charge >= 0.3 is 0 Å². The lowest BCUT2D eigenvalue weighted by molar-refractivity contribution is -0.126. The second-order valence-corrected chi connectivity index (χ2v) is 6.15. The highest BCUT2D eigenvalue weighted by atomic mass is 79.9. The molecule has 0 aliphatic heterocycles. The largest absolute Gasteiger partial charge is 0.503 e. The van der Waals surface area contributed by atoms with E-state index < -0.39 is 11.8 Å². The lowest BCUT2D eigenvalue weighted by Gasteiger charge is -2.06. The molecule has 3 N–H and O–H groups in total. The Kier molecular flexibility index (Phi) is 7.18. The quantitative estimate of drug-likeness (QED) is 0.351. The van der Waals surface area contributed by atoms with Gasteiger partial charge in [-0.1, -0.05) is 0 Å². The summed E-state index contributed by atoms with van der Waals surface area (Å²) in [7, 11) is 2.97. The molecule has 2 amide bonds. The fourth-order valence-electron chi connectivity index (χ4n) is 2.07. The smallest absolute Gasteiger partial charge is 0.249 e. The first-order valence-electron chi connectivity index (χ1n) is 7.75. The molecule has 2 aromatic rings. The number of anilines is 1. The average Bonchev–Trinajstić information content (AvgIpc) is 2.64. The van der Waals surface area contributed by atoms with E-state index in [2.05, 4.69) is 31.8 Å². The summed E-state index contributed by atoms with van der Waals surface area (Å²) in [6.45, 7) is 0. The lowest BCUT2D eigenvalue weighted by atomic mass is 10.2. The van der Waals surface area contributed by atoms with E-state index in [1.807, 2.05) is 0 Å². The van der Waals surface area contributed by atoms with Crippen LogP contribution in [0.3, 0.4) is 0 Å². The highest BCUT2D eigenvalue weighted by molar-refractivity contribution is 9.10. The molecule has 0 bridgehead atoms. The van der Waals surface area contributed by atoms with E-state index in [-0.39, 0.29) is 17.9 Å². The number of rotatable bonds is 7. The molecule has 2 aromatic carbocycles. The van der Waals surface area contributed by atoms with Crippen LogP contribution in [-0.2, 0) is 9.59 Å². The van der Waals surface area contributed by atoms with Crippen LogP contribution < -0.4 is 20.2 Å². The van der Waals surface area contributed by atoms with Crippen molar-refractivity contribution in [2.24, 2.45) is 5.10 Å². The predicted octanol–water partition coefficient (Wildman–Crippen LogP) is 2.65. The standard InChI is InChI=1S/C18H18BrN3O5/c1-26-13-5-3-12(4-6-13)21-16(23)9-17(24)22-20-10-11-7-14(19)18(25)15(8-11)27-2/h3-8,10,25H,9H2,1-2H3,(H,21,23)(H,22,24)/b20-10+. The van der Waals surface area contributed by atoms with Crippen LogP contribution in [0, 0.1) is 0 Å². The Bertz CT molecular complexity index is 853. The monoisotopic (exact) mass is 435 g/mol. The van der Waals surface area contributed by atoms with Crippen LogP contribution in [0.15, 0.2) is 46.0 Å². The summed E-state index contributed by atoms with van der Waals surface area (Å²) in [5.41, 5.74) is 3.41. The van der Waals surface area contributed by atoms with Gasteiger partial charge in [-0.2, -0.15) is 5.10 Å². The Morgan fingerprint density at radius 2 is 1.85 bits per heavy atom. The number of ether oxygens (including phenoxy) is 2. The number of carbonyl (C=O) groups excluding carboxylic acids is 2. The molecular formula is C18H18BrN3O5. The summed E-state index contributed by atoms with van der Waals surface area (Å²) in [6, 6.07) is 9.88. The van der Waals surface area contributed by atoms with Crippen LogP contribution in [0.4, 0.5) is 5.69 Å². The van der Waals surface area contributed by atoms with Crippen LogP contribution >= 0.6 is 15.9 Å². The molecule has 8 nitrogen and oxygen atoms in total. The number of halogens is 1. The van der Waals surface area contributed by atoms with Crippen molar-refractivity contribution in [2.45, 2.75) is 6.42 Å². The summed E-state index contributed by atoms with van der Waals surface area (Å²) < 4.78 is 10.5. The number of nitrogens with one attached hydrogen (secondary N) is 2. The van der Waals surface area contributed by atoms with E-state index in [1.165, 1.54) is 13.3 Å². The number of phenolic OH excluding ortho intramolecular Hbond substituents is 1. The summed E-state index contributed by atoms with van der Waals surface area (Å²) in [4.78, 5) is 23.7. The third-order valence-electron chi connectivity index (χ3n) is 3.37. The Hall–Kier alpha value is -3.07. The highest BCUT2D eigenvalue weighted by Crippen LogP contribution is 2.34. The number of aromatic hydroxyl groups is 1. The molecule has 142 valence electrons. The zero-order valence-corrected chi connectivity index (χ0v) is 16.2. The zero-order valence-electron chi connectivity index (χ0n) is 14.7. The summed E-state index contributed by atoms with van der Waals surface area (Å²) >= 11 is 3.19. The molecule has 0 aliphatic carbocycles. The minimum atomic E-state index is -0.568. The third-order valence-corrected chi connectivity index (χ3v) is 3.97. The molecule has 9 heteroatoms. The van der Waals surface area contributed by atoms with Gasteiger partial charge < -0.3 is 19.9 Å². The van der Waals surface area contributed by atoms with Crippen molar-refractivity contribution in [2.75, 3.05) is 19.5 Å². The van der Waals surface area contributed by atoms with Gasteiger partial charge in [-0.05, 0) is 57.9 Å². The van der Waals surface area contributed by atoms with Gasteiger partial charge in [-0.15, -0.1) is 0 Å². The Balaban J connectivity index is 1.87. The highest BCUT2D eigenvalue weighted by Gasteiger charge is 2.10. The maximum Gasteiger partial charge on any atom is 0.249 e. The first-order valence-corrected chi connectivity index (χ1v) is 8.54. The molecule has 0 heterocycles. The SMILES string of the molecule is COc1ccc(NC(=O)CC(=O)N/N=C/c2cc(Br)c(O)c(OC)c2)cc1. The minimum Gasteiger partial charge on any atom is -0.503 e.